The Morgan fingerprint density at radius 1 is 1.23 bits per heavy atom. The molecule has 2 heterocycles. The van der Waals surface area contributed by atoms with Crippen molar-refractivity contribution in [1.82, 2.24) is 19.7 Å². The highest BCUT2D eigenvalue weighted by atomic mass is 16.5. The van der Waals surface area contributed by atoms with E-state index in [-0.39, 0.29) is 5.91 Å². The standard InChI is InChI=1S/C20H24N4O2/c1-15-7-9-16(10-8-15)24-19(20(25)21-11-5-13-26-3)14-17(22-24)18-6-4-12-23(18)2/h4,6-10,12,14H,5,11,13H2,1-3H3,(H,21,25). The normalized spacial score (nSPS) is 10.9. The van der Waals surface area contributed by atoms with Crippen molar-refractivity contribution in [3.63, 3.8) is 0 Å². The molecule has 0 saturated carbocycles. The predicted octanol–water partition coefficient (Wildman–Crippen LogP) is 2.95. The molecule has 1 aromatic carbocycles. The average molecular weight is 352 g/mol. The number of nitrogens with one attached hydrogen (secondary N) is 1. The van der Waals surface area contributed by atoms with Gasteiger partial charge in [0, 0.05) is 33.5 Å². The van der Waals surface area contributed by atoms with Crippen LogP contribution in [-0.4, -0.2) is 40.5 Å². The Morgan fingerprint density at radius 3 is 2.65 bits per heavy atom. The predicted molar refractivity (Wildman–Crippen MR) is 102 cm³/mol. The summed E-state index contributed by atoms with van der Waals surface area (Å²) in [4.78, 5) is 12.7. The number of carbonyl (C=O) groups is 1. The topological polar surface area (TPSA) is 61.1 Å². The fourth-order valence-electron chi connectivity index (χ4n) is 2.79. The van der Waals surface area contributed by atoms with E-state index in [1.54, 1.807) is 11.8 Å². The largest absolute Gasteiger partial charge is 0.385 e. The molecule has 0 aliphatic heterocycles. The second-order valence-electron chi connectivity index (χ2n) is 6.27. The molecule has 3 rings (SSSR count). The molecule has 0 atom stereocenters. The summed E-state index contributed by atoms with van der Waals surface area (Å²) in [6.45, 7) is 3.21. The molecule has 1 amide bonds. The first-order chi connectivity index (χ1) is 12.6. The highest BCUT2D eigenvalue weighted by Gasteiger charge is 2.18. The molecular formula is C20H24N4O2. The number of methoxy groups -OCH3 is 1. The second kappa shape index (κ2) is 8.01. The van der Waals surface area contributed by atoms with Crippen molar-refractivity contribution in [2.45, 2.75) is 13.3 Å². The van der Waals surface area contributed by atoms with Crippen molar-refractivity contribution in [1.29, 1.82) is 0 Å². The third-order valence-electron chi connectivity index (χ3n) is 4.24. The molecule has 0 unspecified atom stereocenters. The van der Waals surface area contributed by atoms with Crippen LogP contribution >= 0.6 is 0 Å². The van der Waals surface area contributed by atoms with Crippen LogP contribution in [0.1, 0.15) is 22.5 Å². The molecule has 0 aliphatic carbocycles. The van der Waals surface area contributed by atoms with Gasteiger partial charge in [0.2, 0.25) is 0 Å². The van der Waals surface area contributed by atoms with Gasteiger partial charge < -0.3 is 14.6 Å². The molecule has 136 valence electrons. The third-order valence-corrected chi connectivity index (χ3v) is 4.24. The molecule has 1 N–H and O–H groups in total. The lowest BCUT2D eigenvalue weighted by Gasteiger charge is -2.08. The quantitative estimate of drug-likeness (QED) is 0.665. The maximum atomic E-state index is 12.7. The molecular weight excluding hydrogens is 328 g/mol. The monoisotopic (exact) mass is 352 g/mol. The van der Waals surface area contributed by atoms with Gasteiger partial charge in [0.1, 0.15) is 11.4 Å². The second-order valence-corrected chi connectivity index (χ2v) is 6.27. The summed E-state index contributed by atoms with van der Waals surface area (Å²) in [5.41, 5.74) is 4.26. The third kappa shape index (κ3) is 3.86. The molecule has 2 aromatic heterocycles. The summed E-state index contributed by atoms with van der Waals surface area (Å²) in [6.07, 6.45) is 2.73. The Labute approximate surface area is 153 Å². The zero-order valence-corrected chi connectivity index (χ0v) is 15.4. The maximum Gasteiger partial charge on any atom is 0.270 e. The van der Waals surface area contributed by atoms with E-state index in [0.29, 0.717) is 18.8 Å². The van der Waals surface area contributed by atoms with Gasteiger partial charge in [-0.3, -0.25) is 4.79 Å². The molecule has 0 aliphatic rings. The number of aromatic nitrogens is 3. The Bertz CT molecular complexity index is 878. The van der Waals surface area contributed by atoms with Crippen LogP contribution < -0.4 is 5.32 Å². The number of carbonyl (C=O) groups excluding carboxylic acids is 1. The van der Waals surface area contributed by atoms with Gasteiger partial charge in [-0.05, 0) is 43.7 Å². The first-order valence-electron chi connectivity index (χ1n) is 8.66. The van der Waals surface area contributed by atoms with Crippen molar-refractivity contribution < 1.29 is 9.53 Å². The number of aryl methyl sites for hydroxylation is 2. The van der Waals surface area contributed by atoms with E-state index < -0.39 is 0 Å². The molecule has 0 fully saturated rings. The number of nitrogens with zero attached hydrogens (tertiary/aromatic N) is 3. The van der Waals surface area contributed by atoms with Crippen LogP contribution in [0.4, 0.5) is 0 Å². The van der Waals surface area contributed by atoms with Crippen molar-refractivity contribution in [3.05, 3.63) is 59.9 Å². The summed E-state index contributed by atoms with van der Waals surface area (Å²) in [7, 11) is 3.62. The van der Waals surface area contributed by atoms with Crippen LogP contribution in [0.5, 0.6) is 0 Å². The van der Waals surface area contributed by atoms with Crippen LogP contribution in [0.3, 0.4) is 0 Å². The highest BCUT2D eigenvalue weighted by Crippen LogP contribution is 2.22. The fraction of sp³-hybridized carbons (Fsp3) is 0.300. The van der Waals surface area contributed by atoms with Gasteiger partial charge in [0.25, 0.3) is 5.91 Å². The molecule has 0 saturated heterocycles. The van der Waals surface area contributed by atoms with E-state index in [9.17, 15) is 4.79 Å². The van der Waals surface area contributed by atoms with Crippen LogP contribution in [0, 0.1) is 6.92 Å². The Hall–Kier alpha value is -2.86. The van der Waals surface area contributed by atoms with E-state index in [4.69, 9.17) is 4.74 Å². The Morgan fingerprint density at radius 2 is 2.00 bits per heavy atom. The van der Waals surface area contributed by atoms with Crippen molar-refractivity contribution in [3.8, 4) is 17.1 Å². The summed E-state index contributed by atoms with van der Waals surface area (Å²) in [5.74, 6) is -0.144. The average Bonchev–Trinajstić information content (AvgIpc) is 3.25. The van der Waals surface area contributed by atoms with Gasteiger partial charge in [0.05, 0.1) is 11.4 Å². The van der Waals surface area contributed by atoms with Gasteiger partial charge >= 0.3 is 0 Å². The smallest absolute Gasteiger partial charge is 0.270 e. The molecule has 3 aromatic rings. The molecule has 0 radical (unpaired) electrons. The first kappa shape index (κ1) is 17.9. The van der Waals surface area contributed by atoms with Crippen LogP contribution in [-0.2, 0) is 11.8 Å². The zero-order chi connectivity index (χ0) is 18.5. The number of hydrogen-bond acceptors (Lipinski definition) is 3. The molecule has 0 bridgehead atoms. The van der Waals surface area contributed by atoms with Crippen molar-refractivity contribution >= 4 is 5.91 Å². The molecule has 0 spiro atoms. The zero-order valence-electron chi connectivity index (χ0n) is 15.4. The van der Waals surface area contributed by atoms with E-state index in [0.717, 1.165) is 29.1 Å². The van der Waals surface area contributed by atoms with Crippen molar-refractivity contribution in [2.75, 3.05) is 20.3 Å². The maximum absolute atomic E-state index is 12.7. The summed E-state index contributed by atoms with van der Waals surface area (Å²) >= 11 is 0. The summed E-state index contributed by atoms with van der Waals surface area (Å²) in [6, 6.07) is 13.8. The van der Waals surface area contributed by atoms with E-state index in [2.05, 4.69) is 10.4 Å². The van der Waals surface area contributed by atoms with E-state index >= 15 is 0 Å². The van der Waals surface area contributed by atoms with E-state index in [1.807, 2.05) is 67.2 Å². The van der Waals surface area contributed by atoms with Gasteiger partial charge in [-0.1, -0.05) is 17.7 Å². The fourth-order valence-corrected chi connectivity index (χ4v) is 2.79. The van der Waals surface area contributed by atoms with Gasteiger partial charge in [-0.25, -0.2) is 4.68 Å². The minimum Gasteiger partial charge on any atom is -0.385 e. The molecule has 6 heteroatoms. The Balaban J connectivity index is 1.95. The SMILES string of the molecule is COCCCNC(=O)c1cc(-c2cccn2C)nn1-c1ccc(C)cc1. The summed E-state index contributed by atoms with van der Waals surface area (Å²) < 4.78 is 8.72. The van der Waals surface area contributed by atoms with Crippen molar-refractivity contribution in [2.24, 2.45) is 7.05 Å². The lowest BCUT2D eigenvalue weighted by atomic mass is 10.2. The van der Waals surface area contributed by atoms with Gasteiger partial charge in [-0.2, -0.15) is 5.10 Å². The van der Waals surface area contributed by atoms with Crippen LogP contribution in [0.2, 0.25) is 0 Å². The van der Waals surface area contributed by atoms with Crippen LogP contribution in [0.25, 0.3) is 17.1 Å². The lowest BCUT2D eigenvalue weighted by Crippen LogP contribution is -2.27. The number of benzene rings is 1. The Kier molecular flexibility index (Phi) is 5.53. The number of rotatable bonds is 7. The summed E-state index contributed by atoms with van der Waals surface area (Å²) in [5, 5.41) is 7.63. The highest BCUT2D eigenvalue weighted by molar-refractivity contribution is 5.94. The van der Waals surface area contributed by atoms with E-state index in [1.165, 1.54) is 0 Å². The number of amides is 1. The molecule has 26 heavy (non-hydrogen) atoms. The first-order valence-corrected chi connectivity index (χ1v) is 8.66. The van der Waals surface area contributed by atoms with Crippen LogP contribution in [0.15, 0.2) is 48.7 Å². The van der Waals surface area contributed by atoms with Gasteiger partial charge in [0.15, 0.2) is 0 Å². The minimum absolute atomic E-state index is 0.144. The molecule has 6 nitrogen and oxygen atoms in total. The number of ether oxygens (including phenoxy) is 1. The lowest BCUT2D eigenvalue weighted by molar-refractivity contribution is 0.0941. The van der Waals surface area contributed by atoms with Gasteiger partial charge in [-0.15, -0.1) is 0 Å². The number of hydrogen-bond donors (Lipinski definition) is 1. The minimum atomic E-state index is -0.144.